The van der Waals surface area contributed by atoms with Crippen LogP contribution in [0.25, 0.3) is 33.1 Å². The number of aromatic amines is 1. The highest BCUT2D eigenvalue weighted by Gasteiger charge is 2.26. The molecule has 0 spiro atoms. The van der Waals surface area contributed by atoms with Crippen molar-refractivity contribution in [2.75, 3.05) is 87.3 Å². The van der Waals surface area contributed by atoms with E-state index in [1.165, 1.54) is 39.9 Å². The number of ether oxygens (including phenoxy) is 4. The molecule has 442 valence electrons. The first-order valence-electron chi connectivity index (χ1n) is 26.4. The number of aromatic nitrogens is 7. The van der Waals surface area contributed by atoms with Crippen molar-refractivity contribution in [2.45, 2.75) is 84.5 Å². The van der Waals surface area contributed by atoms with Gasteiger partial charge in [0.2, 0.25) is 17.8 Å². The summed E-state index contributed by atoms with van der Waals surface area (Å²) >= 11 is 0. The number of hydrogen-bond donors (Lipinski definition) is 10. The van der Waals surface area contributed by atoms with Gasteiger partial charge in [0.05, 0.1) is 69.1 Å². The van der Waals surface area contributed by atoms with Crippen molar-refractivity contribution in [3.05, 3.63) is 82.2 Å². The van der Waals surface area contributed by atoms with Crippen LogP contribution in [0.3, 0.4) is 0 Å². The lowest BCUT2D eigenvalue weighted by atomic mass is 9.94. The molecule has 27 nitrogen and oxygen atoms in total. The fourth-order valence-electron chi connectivity index (χ4n) is 7.88. The van der Waals surface area contributed by atoms with Gasteiger partial charge in [-0.3, -0.25) is 29.5 Å². The summed E-state index contributed by atoms with van der Waals surface area (Å²) in [6, 6.07) is 11.3. The number of benzene rings is 2. The number of aryl methyl sites for hydroxylation is 1. The minimum atomic E-state index is -1.33. The van der Waals surface area contributed by atoms with E-state index in [9.17, 15) is 48.9 Å². The molecule has 4 amide bonds. The van der Waals surface area contributed by atoms with E-state index in [4.69, 9.17) is 34.6 Å². The Morgan fingerprint density at radius 1 is 0.817 bits per heavy atom. The minimum Gasteiger partial charge on any atom is -0.480 e. The van der Waals surface area contributed by atoms with Gasteiger partial charge in [0.1, 0.15) is 30.0 Å². The fourth-order valence-corrected chi connectivity index (χ4v) is 9.86. The molecular formula is C53H69N13O14S2. The largest absolute Gasteiger partial charge is 0.480 e. The Bertz CT molecular complexity index is 3200. The summed E-state index contributed by atoms with van der Waals surface area (Å²) < 4.78 is 23.9. The van der Waals surface area contributed by atoms with E-state index in [1.807, 2.05) is 38.1 Å². The molecule has 6 aromatic rings. The van der Waals surface area contributed by atoms with Crippen LogP contribution in [0.4, 0.5) is 22.2 Å². The predicted octanol–water partition coefficient (Wildman–Crippen LogP) is 3.89. The topological polar surface area (TPSA) is 388 Å². The summed E-state index contributed by atoms with van der Waals surface area (Å²) in [7, 11) is 2.50. The average molecular weight is 1180 g/mol. The zero-order valence-electron chi connectivity index (χ0n) is 45.7. The molecule has 82 heavy (non-hydrogen) atoms. The molecule has 0 radical (unpaired) electrons. The van der Waals surface area contributed by atoms with Gasteiger partial charge in [0.25, 0.3) is 11.5 Å². The molecule has 0 saturated carbocycles. The number of carbonyl (C=O) groups excluding carboxylic acids is 4. The zero-order chi connectivity index (χ0) is 59.0. The van der Waals surface area contributed by atoms with Crippen molar-refractivity contribution in [1.82, 2.24) is 50.4 Å². The molecule has 1 unspecified atom stereocenters. The Morgan fingerprint density at radius 3 is 2.26 bits per heavy atom. The van der Waals surface area contributed by atoms with Gasteiger partial charge in [0.15, 0.2) is 17.0 Å². The van der Waals surface area contributed by atoms with Crippen molar-refractivity contribution in [3.63, 3.8) is 0 Å². The van der Waals surface area contributed by atoms with E-state index in [0.29, 0.717) is 41.1 Å². The summed E-state index contributed by atoms with van der Waals surface area (Å²) in [5.41, 5.74) is 7.99. The number of nitrogens with one attached hydrogen (secondary N) is 6. The molecule has 6 rings (SSSR count). The second-order valence-electron chi connectivity index (χ2n) is 19.3. The molecule has 0 aliphatic heterocycles. The first-order valence-corrected chi connectivity index (χ1v) is 28.9. The number of hydrogen-bond acceptors (Lipinski definition) is 21. The maximum Gasteiger partial charge on any atom is 0.412 e. The van der Waals surface area contributed by atoms with Gasteiger partial charge in [-0.1, -0.05) is 67.0 Å². The van der Waals surface area contributed by atoms with E-state index < -0.39 is 58.8 Å². The number of aliphatic hydroxyl groups excluding tert-OH is 1. The van der Waals surface area contributed by atoms with Crippen LogP contribution < -0.4 is 37.9 Å². The van der Waals surface area contributed by atoms with Gasteiger partial charge in [-0.25, -0.2) is 34.3 Å². The highest BCUT2D eigenvalue weighted by atomic mass is 33.1. The number of H-pyrrole nitrogens is 1. The number of nitrogens with zero attached hydrogens (tertiary/aromatic N) is 6. The van der Waals surface area contributed by atoms with Crippen LogP contribution >= 0.6 is 21.6 Å². The van der Waals surface area contributed by atoms with Gasteiger partial charge >= 0.3 is 18.0 Å². The number of para-hydroxylation sites is 1. The number of aliphatic hydroxyl groups is 1. The SMILES string of the molecule is CCCCc1nc2c(NC(=O)OCCSSC[C@H](NC(=O)CCOCCOCCOCCNC(=O)CCC(NC(=O)c3ccc(NCc4cnc5nc(N)[nH]c(=O)c5n4)cc3)C(=O)O)C(=O)O)nc3ccccc3c2n1CC(C)(C)CO. The molecule has 0 bridgehead atoms. The van der Waals surface area contributed by atoms with Crippen molar-refractivity contribution >= 4 is 108 Å². The summed E-state index contributed by atoms with van der Waals surface area (Å²) in [4.78, 5) is 111. The second-order valence-corrected chi connectivity index (χ2v) is 21.9. The van der Waals surface area contributed by atoms with Crippen LogP contribution in [-0.4, -0.2) is 169 Å². The van der Waals surface area contributed by atoms with Crippen molar-refractivity contribution < 1.29 is 63.0 Å². The Hall–Kier alpha value is -7.70. The first-order chi connectivity index (χ1) is 39.4. The predicted molar refractivity (Wildman–Crippen MR) is 308 cm³/mol. The molecule has 0 fully saturated rings. The molecule has 2 aromatic carbocycles. The number of nitrogen functional groups attached to an aromatic ring is 1. The molecule has 4 aromatic heterocycles. The number of fused-ring (bicyclic) bond motifs is 4. The lowest BCUT2D eigenvalue weighted by molar-refractivity contribution is -0.141. The highest BCUT2D eigenvalue weighted by molar-refractivity contribution is 8.76. The first kappa shape index (κ1) is 63.5. The minimum absolute atomic E-state index is 0.0153. The molecule has 29 heteroatoms. The van der Waals surface area contributed by atoms with Crippen molar-refractivity contribution in [3.8, 4) is 0 Å². The van der Waals surface area contributed by atoms with Crippen LogP contribution in [0.15, 0.2) is 59.5 Å². The fraction of sp³-hybridized carbons (Fsp3) is 0.472. The maximum atomic E-state index is 13.0. The van der Waals surface area contributed by atoms with Gasteiger partial charge in [-0.15, -0.1) is 0 Å². The standard InChI is InChI=1S/C53H69N13O14S2/c1-4-5-10-39-62-42-44(66(39)30-53(2,3)31-67)35-8-6-7-9-36(35)60-46(42)64-52(76)80-25-26-81-82-29-38(50(74)75)59-41(69)17-19-77-21-23-79-24-22-78-20-18-55-40(68)16-15-37(49(72)73)61-47(70)32-11-13-33(14-12-32)56-27-34-28-57-45-43(58-34)48(71)65-51(54)63-45/h6-9,11-14,28,37-38,56,67H,4-5,10,15-27,29-31H2,1-3H3,(H,55,68)(H,59,69)(H,61,70)(H,72,73)(H,74,75)(H,60,64,76)(H3,54,57,63,65,71)/t37?,38-/m0/s1. The molecule has 0 saturated heterocycles. The van der Waals surface area contributed by atoms with Gasteiger partial charge < -0.3 is 65.8 Å². The number of imidazole rings is 1. The Kier molecular flexibility index (Phi) is 24.8. The lowest BCUT2D eigenvalue weighted by Crippen LogP contribution is -2.42. The Labute approximate surface area is 478 Å². The van der Waals surface area contributed by atoms with E-state index in [1.54, 1.807) is 12.1 Å². The Balaban J connectivity index is 0.769. The molecule has 4 heterocycles. The highest BCUT2D eigenvalue weighted by Crippen LogP contribution is 2.33. The molecule has 11 N–H and O–H groups in total. The number of unbranched alkanes of at least 4 members (excludes halogenated alkanes) is 1. The number of carbonyl (C=O) groups is 6. The number of pyridine rings is 1. The third-order valence-corrected chi connectivity index (χ3v) is 14.5. The molecular weight excluding hydrogens is 1110 g/mol. The molecule has 0 aliphatic carbocycles. The summed E-state index contributed by atoms with van der Waals surface area (Å²) in [6.07, 6.45) is 2.91. The molecule has 2 atom stereocenters. The lowest BCUT2D eigenvalue weighted by Gasteiger charge is -2.24. The van der Waals surface area contributed by atoms with Crippen LogP contribution in [0.5, 0.6) is 0 Å². The quantitative estimate of drug-likeness (QED) is 0.0197. The van der Waals surface area contributed by atoms with E-state index >= 15 is 0 Å². The second kappa shape index (κ2) is 32.1. The van der Waals surface area contributed by atoms with Gasteiger partial charge in [-0.05, 0) is 43.2 Å². The number of aliphatic carboxylic acids is 2. The van der Waals surface area contributed by atoms with Crippen LogP contribution in [0, 0.1) is 5.41 Å². The zero-order valence-corrected chi connectivity index (χ0v) is 47.3. The summed E-state index contributed by atoms with van der Waals surface area (Å²) in [5, 5.41) is 43.8. The molecule has 0 aliphatic rings. The Morgan fingerprint density at radius 2 is 1.54 bits per heavy atom. The number of anilines is 3. The van der Waals surface area contributed by atoms with Crippen LogP contribution in [-0.2, 0) is 57.6 Å². The number of nitrogens with two attached hydrogens (primary N) is 1. The third-order valence-electron chi connectivity index (χ3n) is 12.2. The van der Waals surface area contributed by atoms with Crippen LogP contribution in [0.1, 0.15) is 74.8 Å². The van der Waals surface area contributed by atoms with E-state index in [0.717, 1.165) is 29.6 Å². The van der Waals surface area contributed by atoms with Crippen LogP contribution in [0.2, 0.25) is 0 Å². The van der Waals surface area contributed by atoms with Gasteiger partial charge in [-0.2, -0.15) is 4.98 Å². The summed E-state index contributed by atoms with van der Waals surface area (Å²) in [6.45, 7) is 7.90. The monoisotopic (exact) mass is 1180 g/mol. The number of amides is 4. The number of rotatable bonds is 36. The third kappa shape index (κ3) is 19.8. The summed E-state index contributed by atoms with van der Waals surface area (Å²) in [5.74, 6) is -2.66. The van der Waals surface area contributed by atoms with E-state index in [-0.39, 0.29) is 119 Å². The smallest absolute Gasteiger partial charge is 0.412 e. The average Bonchev–Trinajstić information content (AvgIpc) is 4.08. The number of carboxylic acids is 2. The number of carboxylic acid groups (broad SMARTS) is 2. The van der Waals surface area contributed by atoms with Crippen molar-refractivity contribution in [1.29, 1.82) is 0 Å². The normalized spacial score (nSPS) is 12.2. The van der Waals surface area contributed by atoms with Gasteiger partial charge in [0, 0.05) is 72.5 Å². The maximum absolute atomic E-state index is 13.0. The van der Waals surface area contributed by atoms with E-state index in [2.05, 4.69) is 58.0 Å². The van der Waals surface area contributed by atoms with Crippen molar-refractivity contribution in [2.24, 2.45) is 5.41 Å².